The molecular formula is C19H19ClN4. The van der Waals surface area contributed by atoms with Gasteiger partial charge in [0.1, 0.15) is 17.5 Å². The van der Waals surface area contributed by atoms with Crippen molar-refractivity contribution in [1.29, 1.82) is 0 Å². The number of hydrogen-bond donors (Lipinski definition) is 2. The topological polar surface area (TPSA) is 49.8 Å². The van der Waals surface area contributed by atoms with Gasteiger partial charge < -0.3 is 10.6 Å². The summed E-state index contributed by atoms with van der Waals surface area (Å²) in [5.41, 5.74) is 3.36. The maximum absolute atomic E-state index is 6.02. The molecule has 2 aromatic carbocycles. The van der Waals surface area contributed by atoms with E-state index in [9.17, 15) is 0 Å². The van der Waals surface area contributed by atoms with Gasteiger partial charge >= 0.3 is 0 Å². The molecule has 24 heavy (non-hydrogen) atoms. The third-order valence-corrected chi connectivity index (χ3v) is 3.73. The van der Waals surface area contributed by atoms with Crippen molar-refractivity contribution in [1.82, 2.24) is 9.97 Å². The number of anilines is 3. The summed E-state index contributed by atoms with van der Waals surface area (Å²) >= 11 is 6.02. The second kappa shape index (κ2) is 7.32. The number of nitrogens with zero attached hydrogens (tertiary/aromatic N) is 2. The fourth-order valence-corrected chi connectivity index (χ4v) is 2.64. The second-order valence-electron chi connectivity index (χ2n) is 5.66. The van der Waals surface area contributed by atoms with Crippen LogP contribution in [0.3, 0.4) is 0 Å². The zero-order chi connectivity index (χ0) is 16.9. The zero-order valence-electron chi connectivity index (χ0n) is 13.7. The standard InChI is InChI=1S/C19H19ClN4/c1-13-5-3-6-15(9-13)12-21-18-11-19(23-14(2)22-18)24-17-8-4-7-16(20)10-17/h3-11H,12H2,1-2H3,(H2,21,22,23,24). The molecule has 4 nitrogen and oxygen atoms in total. The van der Waals surface area contributed by atoms with Gasteiger partial charge in [0.25, 0.3) is 0 Å². The number of aromatic nitrogens is 2. The number of aryl methyl sites for hydroxylation is 2. The van der Waals surface area contributed by atoms with Gasteiger partial charge in [-0.1, -0.05) is 47.5 Å². The molecule has 0 aliphatic rings. The summed E-state index contributed by atoms with van der Waals surface area (Å²) in [7, 11) is 0. The van der Waals surface area contributed by atoms with Crippen molar-refractivity contribution in [3.63, 3.8) is 0 Å². The molecule has 2 N–H and O–H groups in total. The summed E-state index contributed by atoms with van der Waals surface area (Å²) in [6.45, 7) is 4.68. The van der Waals surface area contributed by atoms with Crippen LogP contribution in [-0.4, -0.2) is 9.97 Å². The van der Waals surface area contributed by atoms with E-state index in [4.69, 9.17) is 11.6 Å². The van der Waals surface area contributed by atoms with Gasteiger partial charge in [0.15, 0.2) is 0 Å². The van der Waals surface area contributed by atoms with E-state index in [0.717, 1.165) is 23.9 Å². The van der Waals surface area contributed by atoms with E-state index in [1.54, 1.807) is 0 Å². The van der Waals surface area contributed by atoms with Crippen LogP contribution in [0, 0.1) is 13.8 Å². The average Bonchev–Trinajstić information content (AvgIpc) is 2.52. The van der Waals surface area contributed by atoms with E-state index in [0.29, 0.717) is 10.8 Å². The molecule has 0 spiro atoms. The summed E-state index contributed by atoms with van der Waals surface area (Å²) in [6.07, 6.45) is 0. The van der Waals surface area contributed by atoms with Crippen LogP contribution in [0.4, 0.5) is 17.3 Å². The van der Waals surface area contributed by atoms with Crippen molar-refractivity contribution < 1.29 is 0 Å². The summed E-state index contributed by atoms with van der Waals surface area (Å²) < 4.78 is 0. The molecule has 122 valence electrons. The fraction of sp³-hybridized carbons (Fsp3) is 0.158. The summed E-state index contributed by atoms with van der Waals surface area (Å²) in [5.74, 6) is 2.22. The number of halogens is 1. The number of hydrogen-bond acceptors (Lipinski definition) is 4. The van der Waals surface area contributed by atoms with Crippen molar-refractivity contribution in [3.05, 3.63) is 76.6 Å². The third-order valence-electron chi connectivity index (χ3n) is 3.49. The van der Waals surface area contributed by atoms with Crippen LogP contribution in [0.1, 0.15) is 17.0 Å². The lowest BCUT2D eigenvalue weighted by Crippen LogP contribution is -2.05. The Balaban J connectivity index is 1.73. The molecule has 0 unspecified atom stereocenters. The molecule has 0 atom stereocenters. The molecular weight excluding hydrogens is 320 g/mol. The zero-order valence-corrected chi connectivity index (χ0v) is 14.4. The van der Waals surface area contributed by atoms with Crippen molar-refractivity contribution >= 4 is 28.9 Å². The largest absolute Gasteiger partial charge is 0.366 e. The maximum atomic E-state index is 6.02. The number of rotatable bonds is 5. The van der Waals surface area contributed by atoms with Gasteiger partial charge in [-0.05, 0) is 37.6 Å². The normalized spacial score (nSPS) is 10.5. The highest BCUT2D eigenvalue weighted by molar-refractivity contribution is 6.30. The number of nitrogens with one attached hydrogen (secondary N) is 2. The molecule has 5 heteroatoms. The van der Waals surface area contributed by atoms with E-state index in [2.05, 4.69) is 51.8 Å². The van der Waals surface area contributed by atoms with Crippen molar-refractivity contribution in [2.75, 3.05) is 10.6 Å². The monoisotopic (exact) mass is 338 g/mol. The lowest BCUT2D eigenvalue weighted by molar-refractivity contribution is 1.02. The van der Waals surface area contributed by atoms with Crippen LogP contribution in [0.5, 0.6) is 0 Å². The molecule has 0 fully saturated rings. The Hall–Kier alpha value is -2.59. The Morgan fingerprint density at radius 2 is 1.71 bits per heavy atom. The average molecular weight is 339 g/mol. The predicted octanol–water partition coefficient (Wildman–Crippen LogP) is 5.10. The first-order chi connectivity index (χ1) is 11.6. The summed E-state index contributed by atoms with van der Waals surface area (Å²) in [4.78, 5) is 8.86. The molecule has 0 bridgehead atoms. The quantitative estimate of drug-likeness (QED) is 0.679. The summed E-state index contributed by atoms with van der Waals surface area (Å²) in [6, 6.07) is 17.8. The minimum Gasteiger partial charge on any atom is -0.366 e. The molecule has 0 radical (unpaired) electrons. The van der Waals surface area contributed by atoms with Crippen LogP contribution in [0.25, 0.3) is 0 Å². The highest BCUT2D eigenvalue weighted by atomic mass is 35.5. The molecule has 1 aromatic heterocycles. The Labute approximate surface area is 146 Å². The molecule has 1 heterocycles. The molecule has 0 saturated heterocycles. The lowest BCUT2D eigenvalue weighted by Gasteiger charge is -2.11. The summed E-state index contributed by atoms with van der Waals surface area (Å²) in [5, 5.41) is 7.29. The van der Waals surface area contributed by atoms with E-state index in [-0.39, 0.29) is 0 Å². The van der Waals surface area contributed by atoms with Gasteiger partial charge in [-0.25, -0.2) is 9.97 Å². The molecule has 0 amide bonds. The predicted molar refractivity (Wildman–Crippen MR) is 100 cm³/mol. The molecule has 0 aliphatic carbocycles. The molecule has 3 rings (SSSR count). The van der Waals surface area contributed by atoms with Gasteiger partial charge in [-0.3, -0.25) is 0 Å². The first kappa shape index (κ1) is 16.3. The van der Waals surface area contributed by atoms with Crippen LogP contribution >= 0.6 is 11.6 Å². The van der Waals surface area contributed by atoms with E-state index < -0.39 is 0 Å². The Morgan fingerprint density at radius 3 is 2.50 bits per heavy atom. The first-order valence-corrected chi connectivity index (χ1v) is 8.14. The Bertz CT molecular complexity index is 848. The van der Waals surface area contributed by atoms with Gasteiger partial charge in [0.05, 0.1) is 0 Å². The highest BCUT2D eigenvalue weighted by Gasteiger charge is 2.03. The first-order valence-electron chi connectivity index (χ1n) is 7.76. The Morgan fingerprint density at radius 1 is 0.917 bits per heavy atom. The number of benzene rings is 2. The Kier molecular flexibility index (Phi) is 4.96. The van der Waals surface area contributed by atoms with Crippen LogP contribution in [0.15, 0.2) is 54.6 Å². The molecule has 0 saturated carbocycles. The second-order valence-corrected chi connectivity index (χ2v) is 6.10. The van der Waals surface area contributed by atoms with Gasteiger partial charge in [-0.15, -0.1) is 0 Å². The van der Waals surface area contributed by atoms with E-state index in [1.165, 1.54) is 11.1 Å². The lowest BCUT2D eigenvalue weighted by atomic mass is 10.1. The fourth-order valence-electron chi connectivity index (χ4n) is 2.45. The molecule has 3 aromatic rings. The smallest absolute Gasteiger partial charge is 0.136 e. The minimum absolute atomic E-state index is 0.684. The highest BCUT2D eigenvalue weighted by Crippen LogP contribution is 2.20. The SMILES string of the molecule is Cc1cccc(CNc2cc(Nc3cccc(Cl)c3)nc(C)n2)c1. The van der Waals surface area contributed by atoms with Gasteiger partial charge in [0.2, 0.25) is 0 Å². The van der Waals surface area contributed by atoms with Crippen LogP contribution in [0.2, 0.25) is 5.02 Å². The van der Waals surface area contributed by atoms with E-state index in [1.807, 2.05) is 37.3 Å². The van der Waals surface area contributed by atoms with E-state index >= 15 is 0 Å². The van der Waals surface area contributed by atoms with Crippen molar-refractivity contribution in [2.24, 2.45) is 0 Å². The van der Waals surface area contributed by atoms with Gasteiger partial charge in [0, 0.05) is 23.3 Å². The van der Waals surface area contributed by atoms with Gasteiger partial charge in [-0.2, -0.15) is 0 Å². The van der Waals surface area contributed by atoms with Crippen LogP contribution < -0.4 is 10.6 Å². The maximum Gasteiger partial charge on any atom is 0.136 e. The molecule has 0 aliphatic heterocycles. The third kappa shape index (κ3) is 4.46. The van der Waals surface area contributed by atoms with Crippen LogP contribution in [-0.2, 0) is 6.54 Å². The minimum atomic E-state index is 0.684. The van der Waals surface area contributed by atoms with Crippen molar-refractivity contribution in [3.8, 4) is 0 Å². The van der Waals surface area contributed by atoms with Crippen molar-refractivity contribution in [2.45, 2.75) is 20.4 Å².